The maximum Gasteiger partial charge on any atom is 0.234 e. The lowest BCUT2D eigenvalue weighted by molar-refractivity contribution is -0.120. The van der Waals surface area contributed by atoms with Crippen molar-refractivity contribution in [3.05, 3.63) is 60.2 Å². The lowest BCUT2D eigenvalue weighted by Gasteiger charge is -2.09. The number of amides is 1. The van der Waals surface area contributed by atoms with E-state index < -0.39 is 10.0 Å². The SMILES string of the molecule is COc1ccc(C(=O)CCC(=O)NCCS(=O)(=O)Nc2ccccc2)cc1. The van der Waals surface area contributed by atoms with Crippen LogP contribution in [0.5, 0.6) is 5.75 Å². The second-order valence-electron chi connectivity index (χ2n) is 5.79. The Morgan fingerprint density at radius 3 is 2.26 bits per heavy atom. The highest BCUT2D eigenvalue weighted by Gasteiger charge is 2.13. The third-order valence-electron chi connectivity index (χ3n) is 3.73. The molecule has 0 spiro atoms. The smallest absolute Gasteiger partial charge is 0.234 e. The first kappa shape index (κ1) is 20.4. The molecule has 0 aliphatic carbocycles. The second-order valence-corrected chi connectivity index (χ2v) is 7.63. The van der Waals surface area contributed by atoms with Gasteiger partial charge < -0.3 is 10.1 Å². The molecule has 0 aliphatic heterocycles. The number of rotatable bonds is 10. The molecular weight excluding hydrogens is 368 g/mol. The van der Waals surface area contributed by atoms with E-state index in [1.54, 1.807) is 54.6 Å². The Hall–Kier alpha value is -2.87. The van der Waals surface area contributed by atoms with E-state index in [1.165, 1.54) is 7.11 Å². The fourth-order valence-corrected chi connectivity index (χ4v) is 3.27. The minimum absolute atomic E-state index is 0.00295. The number of ketones is 1. The summed E-state index contributed by atoms with van der Waals surface area (Å²) in [7, 11) is -2.02. The van der Waals surface area contributed by atoms with Gasteiger partial charge in [0, 0.05) is 30.6 Å². The van der Waals surface area contributed by atoms with Gasteiger partial charge in [0.05, 0.1) is 12.9 Å². The van der Waals surface area contributed by atoms with Crippen LogP contribution in [-0.4, -0.2) is 39.5 Å². The first-order chi connectivity index (χ1) is 12.9. The topological polar surface area (TPSA) is 102 Å². The molecule has 0 saturated carbocycles. The van der Waals surface area contributed by atoms with E-state index in [4.69, 9.17) is 4.74 Å². The zero-order valence-electron chi connectivity index (χ0n) is 15.0. The van der Waals surface area contributed by atoms with Crippen LogP contribution in [0, 0.1) is 0 Å². The van der Waals surface area contributed by atoms with Crippen molar-refractivity contribution in [2.45, 2.75) is 12.8 Å². The van der Waals surface area contributed by atoms with Crippen molar-refractivity contribution in [1.29, 1.82) is 0 Å². The normalized spacial score (nSPS) is 10.9. The Balaban J connectivity index is 1.71. The summed E-state index contributed by atoms with van der Waals surface area (Å²) in [4.78, 5) is 23.9. The van der Waals surface area contributed by atoms with Crippen molar-refractivity contribution in [2.24, 2.45) is 0 Å². The summed E-state index contributed by atoms with van der Waals surface area (Å²) in [5.74, 6) is -0.132. The number of nitrogens with one attached hydrogen (secondary N) is 2. The third kappa shape index (κ3) is 7.10. The zero-order chi connectivity index (χ0) is 19.7. The number of methoxy groups -OCH3 is 1. The van der Waals surface area contributed by atoms with Crippen LogP contribution in [-0.2, 0) is 14.8 Å². The number of para-hydroxylation sites is 1. The molecule has 0 aromatic heterocycles. The van der Waals surface area contributed by atoms with Crippen LogP contribution in [0.25, 0.3) is 0 Å². The van der Waals surface area contributed by atoms with Gasteiger partial charge in [0.1, 0.15) is 5.75 Å². The number of carbonyl (C=O) groups is 2. The summed E-state index contributed by atoms with van der Waals surface area (Å²) < 4.78 is 31.4. The molecule has 2 aromatic carbocycles. The maximum atomic E-state index is 12.1. The van der Waals surface area contributed by atoms with Gasteiger partial charge in [-0.05, 0) is 36.4 Å². The van der Waals surface area contributed by atoms with Crippen LogP contribution in [0.15, 0.2) is 54.6 Å². The van der Waals surface area contributed by atoms with Crippen LogP contribution in [0.2, 0.25) is 0 Å². The molecule has 144 valence electrons. The Kier molecular flexibility index (Phi) is 7.36. The molecule has 0 radical (unpaired) electrons. The molecular formula is C19H22N2O5S. The average molecular weight is 390 g/mol. The molecule has 2 rings (SSSR count). The number of sulfonamides is 1. The number of hydrogen-bond acceptors (Lipinski definition) is 5. The van der Waals surface area contributed by atoms with E-state index >= 15 is 0 Å². The van der Waals surface area contributed by atoms with Crippen molar-refractivity contribution in [2.75, 3.05) is 24.1 Å². The number of Topliss-reactive ketones (excluding diaryl/α,β-unsaturated/α-hetero) is 1. The van der Waals surface area contributed by atoms with E-state index in [9.17, 15) is 18.0 Å². The van der Waals surface area contributed by atoms with Crippen molar-refractivity contribution in [1.82, 2.24) is 5.32 Å². The maximum absolute atomic E-state index is 12.1. The first-order valence-electron chi connectivity index (χ1n) is 8.39. The van der Waals surface area contributed by atoms with Crippen LogP contribution >= 0.6 is 0 Å². The van der Waals surface area contributed by atoms with Crippen LogP contribution in [0.3, 0.4) is 0 Å². The average Bonchev–Trinajstić information content (AvgIpc) is 2.66. The molecule has 2 aromatic rings. The number of ether oxygens (including phenoxy) is 1. The number of carbonyl (C=O) groups excluding carboxylic acids is 2. The molecule has 0 atom stereocenters. The molecule has 8 heteroatoms. The summed E-state index contributed by atoms with van der Waals surface area (Å²) >= 11 is 0. The monoisotopic (exact) mass is 390 g/mol. The second kappa shape index (κ2) is 9.72. The Bertz CT molecular complexity index is 865. The molecule has 0 heterocycles. The molecule has 7 nitrogen and oxygen atoms in total. The van der Waals surface area contributed by atoms with Crippen molar-refractivity contribution in [3.8, 4) is 5.75 Å². The molecule has 0 fully saturated rings. The van der Waals surface area contributed by atoms with Gasteiger partial charge in [0.15, 0.2) is 5.78 Å². The van der Waals surface area contributed by atoms with Crippen molar-refractivity contribution >= 4 is 27.4 Å². The Morgan fingerprint density at radius 2 is 1.63 bits per heavy atom. The quantitative estimate of drug-likeness (QED) is 0.606. The highest BCUT2D eigenvalue weighted by atomic mass is 32.2. The molecule has 0 aliphatic rings. The Morgan fingerprint density at radius 1 is 0.963 bits per heavy atom. The standard InChI is InChI=1S/C19H22N2O5S/c1-26-17-9-7-15(8-10-17)18(22)11-12-19(23)20-13-14-27(24,25)21-16-5-3-2-4-6-16/h2-10,21H,11-14H2,1H3,(H,20,23). The molecule has 0 saturated heterocycles. The van der Waals surface area contributed by atoms with Gasteiger partial charge in [-0.1, -0.05) is 18.2 Å². The van der Waals surface area contributed by atoms with Crippen LogP contribution < -0.4 is 14.8 Å². The summed E-state index contributed by atoms with van der Waals surface area (Å²) in [6.45, 7) is -0.0300. The van der Waals surface area contributed by atoms with E-state index in [2.05, 4.69) is 10.0 Å². The molecule has 0 unspecified atom stereocenters. The van der Waals surface area contributed by atoms with Crippen LogP contribution in [0.1, 0.15) is 23.2 Å². The van der Waals surface area contributed by atoms with Gasteiger partial charge >= 0.3 is 0 Å². The minimum Gasteiger partial charge on any atom is -0.497 e. The summed E-state index contributed by atoms with van der Waals surface area (Å²) in [5, 5.41) is 2.52. The Labute approximate surface area is 158 Å². The summed E-state index contributed by atoms with van der Waals surface area (Å²) in [6, 6.07) is 15.1. The summed E-state index contributed by atoms with van der Waals surface area (Å²) in [5.41, 5.74) is 0.965. The molecule has 27 heavy (non-hydrogen) atoms. The molecule has 1 amide bonds. The van der Waals surface area contributed by atoms with Gasteiger partial charge in [0.25, 0.3) is 0 Å². The van der Waals surface area contributed by atoms with Gasteiger partial charge in [0.2, 0.25) is 15.9 Å². The largest absolute Gasteiger partial charge is 0.497 e. The number of hydrogen-bond donors (Lipinski definition) is 2. The van der Waals surface area contributed by atoms with E-state index in [0.29, 0.717) is 17.0 Å². The van der Waals surface area contributed by atoms with Gasteiger partial charge in [-0.2, -0.15) is 0 Å². The van der Waals surface area contributed by atoms with E-state index in [-0.39, 0.29) is 36.8 Å². The fourth-order valence-electron chi connectivity index (χ4n) is 2.30. The zero-order valence-corrected chi connectivity index (χ0v) is 15.8. The van der Waals surface area contributed by atoms with Crippen molar-refractivity contribution < 1.29 is 22.7 Å². The summed E-state index contributed by atoms with van der Waals surface area (Å²) in [6.07, 6.45) is 0.0458. The number of benzene rings is 2. The van der Waals surface area contributed by atoms with Crippen LogP contribution in [0.4, 0.5) is 5.69 Å². The predicted octanol–water partition coefficient (Wildman–Crippen LogP) is 2.22. The predicted molar refractivity (Wildman–Crippen MR) is 103 cm³/mol. The number of anilines is 1. The molecule has 2 N–H and O–H groups in total. The van der Waals surface area contributed by atoms with Gasteiger partial charge in [-0.3, -0.25) is 14.3 Å². The minimum atomic E-state index is -3.55. The third-order valence-corrected chi connectivity index (χ3v) is 5.02. The fraction of sp³-hybridized carbons (Fsp3) is 0.263. The van der Waals surface area contributed by atoms with Crippen molar-refractivity contribution in [3.63, 3.8) is 0 Å². The van der Waals surface area contributed by atoms with Gasteiger partial charge in [-0.15, -0.1) is 0 Å². The highest BCUT2D eigenvalue weighted by Crippen LogP contribution is 2.13. The molecule has 0 bridgehead atoms. The van der Waals surface area contributed by atoms with E-state index in [1.807, 2.05) is 0 Å². The van der Waals surface area contributed by atoms with E-state index in [0.717, 1.165) is 0 Å². The first-order valence-corrected chi connectivity index (χ1v) is 10.0. The lowest BCUT2D eigenvalue weighted by atomic mass is 10.1. The lowest BCUT2D eigenvalue weighted by Crippen LogP contribution is -2.31. The highest BCUT2D eigenvalue weighted by molar-refractivity contribution is 7.92. The van der Waals surface area contributed by atoms with Gasteiger partial charge in [-0.25, -0.2) is 8.42 Å².